The lowest BCUT2D eigenvalue weighted by Gasteiger charge is -2.38. The molecule has 3 atom stereocenters. The maximum absolute atomic E-state index is 5.60. The minimum Gasteiger partial charge on any atom is -0.383 e. The lowest BCUT2D eigenvalue weighted by Crippen LogP contribution is -2.52. The number of morpholine rings is 1. The zero-order valence-electron chi connectivity index (χ0n) is 10.3. The smallest absolute Gasteiger partial charge is 0.0674 e. The summed E-state index contributed by atoms with van der Waals surface area (Å²) >= 11 is 0. The van der Waals surface area contributed by atoms with Gasteiger partial charge in [0.25, 0.3) is 0 Å². The molecule has 0 amide bonds. The van der Waals surface area contributed by atoms with Crippen LogP contribution in [0.2, 0.25) is 0 Å². The van der Waals surface area contributed by atoms with Gasteiger partial charge in [-0.2, -0.15) is 0 Å². The van der Waals surface area contributed by atoms with Crippen LogP contribution in [0.25, 0.3) is 0 Å². The molecule has 0 aromatic carbocycles. The first kappa shape index (κ1) is 12.9. The van der Waals surface area contributed by atoms with E-state index in [-0.39, 0.29) is 0 Å². The topological polar surface area (TPSA) is 33.7 Å². The molecule has 1 heterocycles. The molecule has 0 aromatic heterocycles. The molecule has 0 aromatic rings. The number of hydrogen-bond acceptors (Lipinski definition) is 4. The van der Waals surface area contributed by atoms with Crippen LogP contribution >= 0.6 is 0 Å². The average molecular weight is 216 g/mol. The standard InChI is InChI=1S/C11H24N2O2/c1-9-7-15-10(2)5-13(9)6-11(12-3)8-14-4/h9-12H,5-8H2,1-4H3. The Kier molecular flexibility index (Phi) is 5.53. The van der Waals surface area contributed by atoms with Crippen LogP contribution in [0, 0.1) is 0 Å². The summed E-state index contributed by atoms with van der Waals surface area (Å²) in [7, 11) is 3.73. The Morgan fingerprint density at radius 2 is 2.27 bits per heavy atom. The van der Waals surface area contributed by atoms with Crippen LogP contribution in [0.4, 0.5) is 0 Å². The Labute approximate surface area is 92.9 Å². The summed E-state index contributed by atoms with van der Waals surface area (Å²) in [5.41, 5.74) is 0. The average Bonchev–Trinajstić information content (AvgIpc) is 2.22. The molecule has 0 saturated carbocycles. The third-order valence-corrected chi connectivity index (χ3v) is 2.97. The van der Waals surface area contributed by atoms with Crippen molar-refractivity contribution in [2.75, 3.05) is 40.5 Å². The van der Waals surface area contributed by atoms with E-state index in [0.29, 0.717) is 18.2 Å². The summed E-state index contributed by atoms with van der Waals surface area (Å²) in [5.74, 6) is 0. The molecule has 4 heteroatoms. The Balaban J connectivity index is 2.39. The quantitative estimate of drug-likeness (QED) is 0.718. The van der Waals surface area contributed by atoms with E-state index in [0.717, 1.165) is 26.3 Å². The Bertz CT molecular complexity index is 178. The molecule has 15 heavy (non-hydrogen) atoms. The minimum absolute atomic E-state index is 0.348. The molecule has 0 spiro atoms. The van der Waals surface area contributed by atoms with Gasteiger partial charge in [0.05, 0.1) is 19.3 Å². The van der Waals surface area contributed by atoms with Crippen LogP contribution in [0.1, 0.15) is 13.8 Å². The van der Waals surface area contributed by atoms with Crippen LogP contribution in [0.5, 0.6) is 0 Å². The maximum atomic E-state index is 5.60. The van der Waals surface area contributed by atoms with Crippen molar-refractivity contribution in [1.29, 1.82) is 0 Å². The SMILES string of the molecule is CNC(COC)CN1CC(C)OCC1C. The first-order chi connectivity index (χ1) is 7.17. The highest BCUT2D eigenvalue weighted by molar-refractivity contribution is 4.79. The number of nitrogens with one attached hydrogen (secondary N) is 1. The van der Waals surface area contributed by atoms with Crippen LogP contribution in [0.3, 0.4) is 0 Å². The van der Waals surface area contributed by atoms with E-state index in [2.05, 4.69) is 24.1 Å². The van der Waals surface area contributed by atoms with Gasteiger partial charge >= 0.3 is 0 Å². The molecule has 4 nitrogen and oxygen atoms in total. The van der Waals surface area contributed by atoms with Crippen molar-refractivity contribution in [2.45, 2.75) is 32.0 Å². The number of nitrogens with zero attached hydrogens (tertiary/aromatic N) is 1. The monoisotopic (exact) mass is 216 g/mol. The van der Waals surface area contributed by atoms with E-state index in [9.17, 15) is 0 Å². The van der Waals surface area contributed by atoms with E-state index in [1.807, 2.05) is 7.05 Å². The van der Waals surface area contributed by atoms with Gasteiger partial charge in [-0.1, -0.05) is 0 Å². The second-order valence-corrected chi connectivity index (χ2v) is 4.39. The molecule has 90 valence electrons. The highest BCUT2D eigenvalue weighted by atomic mass is 16.5. The Morgan fingerprint density at radius 1 is 1.53 bits per heavy atom. The molecule has 1 saturated heterocycles. The van der Waals surface area contributed by atoms with Gasteiger partial charge in [0.2, 0.25) is 0 Å². The molecule has 0 bridgehead atoms. The van der Waals surface area contributed by atoms with Crippen molar-refractivity contribution >= 4 is 0 Å². The first-order valence-corrected chi connectivity index (χ1v) is 5.69. The second-order valence-electron chi connectivity index (χ2n) is 4.39. The summed E-state index contributed by atoms with van der Waals surface area (Å²) < 4.78 is 10.8. The van der Waals surface area contributed by atoms with Gasteiger partial charge in [-0.05, 0) is 20.9 Å². The van der Waals surface area contributed by atoms with E-state index in [1.54, 1.807) is 7.11 Å². The van der Waals surface area contributed by atoms with Crippen LogP contribution in [0.15, 0.2) is 0 Å². The predicted molar refractivity (Wildman–Crippen MR) is 61.2 cm³/mol. The number of rotatable bonds is 5. The summed E-state index contributed by atoms with van der Waals surface area (Å²) in [6.45, 7) is 7.98. The zero-order valence-corrected chi connectivity index (χ0v) is 10.3. The highest BCUT2D eigenvalue weighted by Crippen LogP contribution is 2.11. The van der Waals surface area contributed by atoms with Crippen molar-refractivity contribution in [3.63, 3.8) is 0 Å². The summed E-state index contributed by atoms with van der Waals surface area (Å²) in [5, 5.41) is 3.28. The summed E-state index contributed by atoms with van der Waals surface area (Å²) in [4.78, 5) is 2.47. The molecular formula is C11H24N2O2. The number of ether oxygens (including phenoxy) is 2. The number of hydrogen-bond donors (Lipinski definition) is 1. The van der Waals surface area contributed by atoms with Gasteiger partial charge in [0.1, 0.15) is 0 Å². The highest BCUT2D eigenvalue weighted by Gasteiger charge is 2.25. The van der Waals surface area contributed by atoms with E-state index in [4.69, 9.17) is 9.47 Å². The number of likely N-dealkylation sites (N-methyl/N-ethyl adjacent to an activating group) is 1. The Morgan fingerprint density at radius 3 is 2.87 bits per heavy atom. The van der Waals surface area contributed by atoms with Gasteiger partial charge < -0.3 is 14.8 Å². The molecule has 0 aliphatic carbocycles. The fraction of sp³-hybridized carbons (Fsp3) is 1.00. The van der Waals surface area contributed by atoms with Gasteiger partial charge in [0.15, 0.2) is 0 Å². The Hall–Kier alpha value is -0.160. The summed E-state index contributed by atoms with van der Waals surface area (Å²) in [6.07, 6.45) is 0.348. The van der Waals surface area contributed by atoms with Crippen molar-refractivity contribution in [2.24, 2.45) is 0 Å². The van der Waals surface area contributed by atoms with Crippen LogP contribution < -0.4 is 5.32 Å². The number of methoxy groups -OCH3 is 1. The third kappa shape index (κ3) is 4.07. The molecule has 1 fully saturated rings. The van der Waals surface area contributed by atoms with Crippen molar-refractivity contribution in [1.82, 2.24) is 10.2 Å². The van der Waals surface area contributed by atoms with Gasteiger partial charge in [0, 0.05) is 32.3 Å². The normalized spacial score (nSPS) is 30.4. The molecule has 1 aliphatic heterocycles. The first-order valence-electron chi connectivity index (χ1n) is 5.69. The van der Waals surface area contributed by atoms with Crippen LogP contribution in [-0.2, 0) is 9.47 Å². The largest absolute Gasteiger partial charge is 0.383 e. The maximum Gasteiger partial charge on any atom is 0.0674 e. The fourth-order valence-corrected chi connectivity index (χ4v) is 1.94. The van der Waals surface area contributed by atoms with Gasteiger partial charge in [-0.3, -0.25) is 4.90 Å². The minimum atomic E-state index is 0.348. The van der Waals surface area contributed by atoms with E-state index < -0.39 is 0 Å². The second kappa shape index (κ2) is 6.43. The van der Waals surface area contributed by atoms with Gasteiger partial charge in [-0.15, -0.1) is 0 Å². The van der Waals surface area contributed by atoms with E-state index in [1.165, 1.54) is 0 Å². The van der Waals surface area contributed by atoms with Crippen molar-refractivity contribution in [3.8, 4) is 0 Å². The molecular weight excluding hydrogens is 192 g/mol. The van der Waals surface area contributed by atoms with Gasteiger partial charge in [-0.25, -0.2) is 0 Å². The van der Waals surface area contributed by atoms with Crippen LogP contribution in [-0.4, -0.2) is 63.5 Å². The zero-order chi connectivity index (χ0) is 11.3. The predicted octanol–water partition coefficient (Wildman–Crippen LogP) is 0.330. The lowest BCUT2D eigenvalue weighted by atomic mass is 10.1. The lowest BCUT2D eigenvalue weighted by molar-refractivity contribution is -0.0540. The third-order valence-electron chi connectivity index (χ3n) is 2.97. The summed E-state index contributed by atoms with van der Waals surface area (Å²) in [6, 6.07) is 0.914. The fourth-order valence-electron chi connectivity index (χ4n) is 1.94. The molecule has 1 N–H and O–H groups in total. The molecule has 1 aliphatic rings. The van der Waals surface area contributed by atoms with Crippen molar-refractivity contribution in [3.05, 3.63) is 0 Å². The van der Waals surface area contributed by atoms with E-state index >= 15 is 0 Å². The molecule has 3 unspecified atom stereocenters. The van der Waals surface area contributed by atoms with Crippen molar-refractivity contribution < 1.29 is 9.47 Å². The molecule has 1 rings (SSSR count). The molecule has 0 radical (unpaired) electrons.